The summed E-state index contributed by atoms with van der Waals surface area (Å²) >= 11 is 0. The topological polar surface area (TPSA) is 90.0 Å². The van der Waals surface area contributed by atoms with Crippen molar-refractivity contribution in [2.24, 2.45) is 5.92 Å². The van der Waals surface area contributed by atoms with E-state index in [4.69, 9.17) is 9.47 Å². The number of carbonyl (C=O) groups is 2. The molecule has 0 heterocycles. The zero-order valence-electron chi connectivity index (χ0n) is 16.9. The second-order valence-electron chi connectivity index (χ2n) is 7.01. The van der Waals surface area contributed by atoms with Crippen molar-refractivity contribution in [1.82, 2.24) is 0 Å². The van der Waals surface area contributed by atoms with E-state index in [1.54, 1.807) is 24.3 Å². The van der Waals surface area contributed by atoms with E-state index in [2.05, 4.69) is 0 Å². The Morgan fingerprint density at radius 1 is 1.03 bits per heavy atom. The zero-order valence-corrected chi connectivity index (χ0v) is 17.7. The summed E-state index contributed by atoms with van der Waals surface area (Å²) < 4.78 is 34.9. The van der Waals surface area contributed by atoms with Gasteiger partial charge in [-0.1, -0.05) is 19.9 Å². The molecule has 2 rings (SSSR count). The molecule has 0 aliphatic carbocycles. The normalized spacial score (nSPS) is 11.2. The number of hydrogen-bond acceptors (Lipinski definition) is 6. The quantitative estimate of drug-likeness (QED) is 0.458. The standard InChI is InChI=1S/C21H25NO6S/c1-15(2)13-27-19-7-5-6-17(12-19)21(24)28-14-20(23)16-8-10-18(11-9-16)22(3)29(4,25)26/h5-12,15H,13-14H2,1-4H3. The number of nitrogens with zero attached hydrogens (tertiary/aromatic N) is 1. The Morgan fingerprint density at radius 2 is 1.69 bits per heavy atom. The maximum absolute atomic E-state index is 12.3. The smallest absolute Gasteiger partial charge is 0.338 e. The number of esters is 1. The second-order valence-corrected chi connectivity index (χ2v) is 9.02. The molecule has 0 radical (unpaired) electrons. The summed E-state index contributed by atoms with van der Waals surface area (Å²) in [5.41, 5.74) is 1.04. The van der Waals surface area contributed by atoms with Crippen LogP contribution in [0.3, 0.4) is 0 Å². The monoisotopic (exact) mass is 419 g/mol. The van der Waals surface area contributed by atoms with Crippen molar-refractivity contribution in [3.63, 3.8) is 0 Å². The lowest BCUT2D eigenvalue weighted by molar-refractivity contribution is 0.0474. The third kappa shape index (κ3) is 6.60. The first-order valence-electron chi connectivity index (χ1n) is 9.05. The average Bonchev–Trinajstić information content (AvgIpc) is 2.69. The van der Waals surface area contributed by atoms with Gasteiger partial charge in [0, 0.05) is 12.6 Å². The molecule has 8 heteroatoms. The van der Waals surface area contributed by atoms with Crippen LogP contribution in [0.15, 0.2) is 48.5 Å². The summed E-state index contributed by atoms with van der Waals surface area (Å²) in [5.74, 6) is -0.0993. The fraction of sp³-hybridized carbons (Fsp3) is 0.333. The SMILES string of the molecule is CC(C)COc1cccc(C(=O)OCC(=O)c2ccc(N(C)S(C)(=O)=O)cc2)c1. The molecule has 156 valence electrons. The fourth-order valence-corrected chi connectivity index (χ4v) is 2.83. The Bertz CT molecular complexity index is 967. The lowest BCUT2D eigenvalue weighted by Crippen LogP contribution is -2.24. The van der Waals surface area contributed by atoms with Crippen LogP contribution in [0.4, 0.5) is 5.69 Å². The van der Waals surface area contributed by atoms with Gasteiger partial charge >= 0.3 is 5.97 Å². The maximum atomic E-state index is 12.3. The first-order chi connectivity index (χ1) is 13.6. The van der Waals surface area contributed by atoms with Gasteiger partial charge in [0.1, 0.15) is 5.75 Å². The number of ketones is 1. The van der Waals surface area contributed by atoms with Crippen LogP contribution in [-0.4, -0.2) is 46.7 Å². The van der Waals surface area contributed by atoms with Crippen molar-refractivity contribution >= 4 is 27.5 Å². The lowest BCUT2D eigenvalue weighted by atomic mass is 10.1. The van der Waals surface area contributed by atoms with Crippen LogP contribution in [0, 0.1) is 5.92 Å². The van der Waals surface area contributed by atoms with E-state index in [-0.39, 0.29) is 5.78 Å². The number of rotatable bonds is 9. The summed E-state index contributed by atoms with van der Waals surface area (Å²) in [5, 5.41) is 0. The molecule has 0 aliphatic heterocycles. The van der Waals surface area contributed by atoms with Crippen molar-refractivity contribution in [2.45, 2.75) is 13.8 Å². The largest absolute Gasteiger partial charge is 0.493 e. The minimum atomic E-state index is -3.38. The molecule has 0 fully saturated rings. The van der Waals surface area contributed by atoms with E-state index in [9.17, 15) is 18.0 Å². The molecule has 7 nitrogen and oxygen atoms in total. The lowest BCUT2D eigenvalue weighted by Gasteiger charge is -2.16. The first-order valence-corrected chi connectivity index (χ1v) is 10.9. The van der Waals surface area contributed by atoms with Crippen molar-refractivity contribution in [2.75, 3.05) is 30.8 Å². The van der Waals surface area contributed by atoms with Gasteiger partial charge < -0.3 is 9.47 Å². The van der Waals surface area contributed by atoms with Crippen LogP contribution in [0.1, 0.15) is 34.6 Å². The highest BCUT2D eigenvalue weighted by Crippen LogP contribution is 2.18. The summed E-state index contributed by atoms with van der Waals surface area (Å²) in [7, 11) is -1.96. The van der Waals surface area contributed by atoms with Gasteiger partial charge in [0.25, 0.3) is 0 Å². The third-order valence-electron chi connectivity index (χ3n) is 4.04. The third-order valence-corrected chi connectivity index (χ3v) is 5.24. The molecular formula is C21H25NO6S. The summed E-state index contributed by atoms with van der Waals surface area (Å²) in [6, 6.07) is 12.6. The van der Waals surface area contributed by atoms with Crippen molar-refractivity contribution in [3.05, 3.63) is 59.7 Å². The van der Waals surface area contributed by atoms with Gasteiger partial charge in [-0.15, -0.1) is 0 Å². The Labute approximate surface area is 171 Å². The number of sulfonamides is 1. The second kappa shape index (κ2) is 9.56. The minimum Gasteiger partial charge on any atom is -0.493 e. The molecule has 0 bridgehead atoms. The molecule has 0 amide bonds. The Hall–Kier alpha value is -2.87. The Kier molecular flexibility index (Phi) is 7.39. The van der Waals surface area contributed by atoms with E-state index >= 15 is 0 Å². The zero-order chi connectivity index (χ0) is 21.6. The summed E-state index contributed by atoms with van der Waals surface area (Å²) in [4.78, 5) is 24.5. The molecule has 0 saturated heterocycles. The number of carbonyl (C=O) groups excluding carboxylic acids is 2. The summed E-state index contributed by atoms with van der Waals surface area (Å²) in [6.45, 7) is 4.16. The van der Waals surface area contributed by atoms with E-state index in [1.165, 1.54) is 31.3 Å². The minimum absolute atomic E-state index is 0.296. The molecular weight excluding hydrogens is 394 g/mol. The van der Waals surface area contributed by atoms with Crippen molar-refractivity contribution < 1.29 is 27.5 Å². The molecule has 0 saturated carbocycles. The van der Waals surface area contributed by atoms with Crippen LogP contribution >= 0.6 is 0 Å². The van der Waals surface area contributed by atoms with Gasteiger partial charge in [-0.05, 0) is 48.4 Å². The highest BCUT2D eigenvalue weighted by molar-refractivity contribution is 7.92. The van der Waals surface area contributed by atoms with Gasteiger partial charge in [0.15, 0.2) is 12.4 Å². The fourth-order valence-electron chi connectivity index (χ4n) is 2.32. The van der Waals surface area contributed by atoms with E-state index in [0.717, 1.165) is 10.6 Å². The molecule has 29 heavy (non-hydrogen) atoms. The number of hydrogen-bond donors (Lipinski definition) is 0. The number of ether oxygens (including phenoxy) is 2. The first kappa shape index (κ1) is 22.4. The average molecular weight is 419 g/mol. The highest BCUT2D eigenvalue weighted by atomic mass is 32.2. The van der Waals surface area contributed by atoms with Crippen LogP contribution < -0.4 is 9.04 Å². The van der Waals surface area contributed by atoms with Crippen LogP contribution in [0.2, 0.25) is 0 Å². The van der Waals surface area contributed by atoms with E-state index in [0.29, 0.717) is 35.1 Å². The molecule has 2 aromatic carbocycles. The van der Waals surface area contributed by atoms with Gasteiger partial charge in [-0.3, -0.25) is 9.10 Å². The Balaban J connectivity index is 1.96. The molecule has 0 spiro atoms. The Morgan fingerprint density at radius 3 is 2.28 bits per heavy atom. The highest BCUT2D eigenvalue weighted by Gasteiger charge is 2.15. The van der Waals surface area contributed by atoms with E-state index < -0.39 is 22.6 Å². The van der Waals surface area contributed by atoms with Crippen molar-refractivity contribution in [3.8, 4) is 5.75 Å². The molecule has 2 aromatic rings. The van der Waals surface area contributed by atoms with Crippen LogP contribution in [0.25, 0.3) is 0 Å². The van der Waals surface area contributed by atoms with Gasteiger partial charge in [-0.2, -0.15) is 0 Å². The van der Waals surface area contributed by atoms with E-state index in [1.807, 2.05) is 13.8 Å². The summed E-state index contributed by atoms with van der Waals surface area (Å²) in [6.07, 6.45) is 1.09. The molecule has 0 aromatic heterocycles. The number of anilines is 1. The van der Waals surface area contributed by atoms with Crippen molar-refractivity contribution in [1.29, 1.82) is 0 Å². The van der Waals surface area contributed by atoms with Gasteiger partial charge in [-0.25, -0.2) is 13.2 Å². The molecule has 0 aliphatic rings. The van der Waals surface area contributed by atoms with Crippen LogP contribution in [0.5, 0.6) is 5.75 Å². The maximum Gasteiger partial charge on any atom is 0.338 e. The molecule has 0 atom stereocenters. The van der Waals surface area contributed by atoms with Gasteiger partial charge in [0.05, 0.1) is 24.1 Å². The van der Waals surface area contributed by atoms with Gasteiger partial charge in [0.2, 0.25) is 10.0 Å². The number of Topliss-reactive ketones (excluding diaryl/α,β-unsaturated/α-hetero) is 1. The molecule has 0 N–H and O–H groups in total. The van der Waals surface area contributed by atoms with Crippen LogP contribution in [-0.2, 0) is 14.8 Å². The predicted octanol–water partition coefficient (Wildman–Crippen LogP) is 3.16. The molecule has 0 unspecified atom stereocenters. The predicted molar refractivity (Wildman–Crippen MR) is 111 cm³/mol. The number of benzene rings is 2.